The Kier molecular flexibility index (Phi) is 12.1. The summed E-state index contributed by atoms with van der Waals surface area (Å²) in [6.45, 7) is 11.3. The predicted molar refractivity (Wildman–Crippen MR) is 174 cm³/mol. The number of carbonyl (C=O) groups is 2. The summed E-state index contributed by atoms with van der Waals surface area (Å²) in [5.41, 5.74) is 2.88. The molecule has 0 saturated heterocycles. The highest BCUT2D eigenvalue weighted by Crippen LogP contribution is 2.39. The Morgan fingerprint density at radius 3 is 2.11 bits per heavy atom. The second-order valence-electron chi connectivity index (χ2n) is 9.65. The average Bonchev–Trinajstić information content (AvgIpc) is 3.43. The predicted octanol–water partition coefficient (Wildman–Crippen LogP) is 5.83. The molecule has 0 aliphatic rings. The molecule has 0 aliphatic carbocycles. The van der Waals surface area contributed by atoms with Crippen molar-refractivity contribution in [2.24, 2.45) is 0 Å². The first kappa shape index (κ1) is 33.2. The standard InChI is InChI=1S/C33H39N5O6S/c1-6-41-26-15-13-25(14-16-26)38-29(36-37-33(38)45-21-30(39)35-24-12-10-11-22(5)17-24)20-34-32(40)23-18-27(42-7-2)31(44-9-4)28(19-23)43-8-3/h10-19H,6-9,20-21H2,1-5H3,(H,34,40)(H,35,39). The summed E-state index contributed by atoms with van der Waals surface area (Å²) in [6.07, 6.45) is 0. The summed E-state index contributed by atoms with van der Waals surface area (Å²) in [5.74, 6) is 2.10. The van der Waals surface area contributed by atoms with Crippen LogP contribution in [0.3, 0.4) is 0 Å². The van der Waals surface area contributed by atoms with E-state index in [0.29, 0.717) is 60.2 Å². The van der Waals surface area contributed by atoms with Gasteiger partial charge in [-0.05, 0) is 88.7 Å². The smallest absolute Gasteiger partial charge is 0.251 e. The average molecular weight is 634 g/mol. The van der Waals surface area contributed by atoms with Gasteiger partial charge < -0.3 is 29.6 Å². The van der Waals surface area contributed by atoms with E-state index in [9.17, 15) is 9.59 Å². The second-order valence-corrected chi connectivity index (χ2v) is 10.6. The van der Waals surface area contributed by atoms with Gasteiger partial charge >= 0.3 is 0 Å². The van der Waals surface area contributed by atoms with Crippen LogP contribution in [0.4, 0.5) is 5.69 Å². The number of thioether (sulfide) groups is 1. The molecule has 0 fully saturated rings. The van der Waals surface area contributed by atoms with Crippen molar-refractivity contribution in [2.75, 3.05) is 37.5 Å². The van der Waals surface area contributed by atoms with Crippen LogP contribution < -0.4 is 29.6 Å². The lowest BCUT2D eigenvalue weighted by molar-refractivity contribution is -0.113. The molecule has 12 heteroatoms. The molecule has 0 bridgehead atoms. The van der Waals surface area contributed by atoms with E-state index in [1.54, 1.807) is 12.1 Å². The maximum atomic E-state index is 13.4. The van der Waals surface area contributed by atoms with Gasteiger partial charge in [-0.3, -0.25) is 14.2 Å². The van der Waals surface area contributed by atoms with Crippen LogP contribution in [-0.2, 0) is 11.3 Å². The lowest BCUT2D eigenvalue weighted by Gasteiger charge is -2.17. The molecule has 0 unspecified atom stereocenters. The number of aryl methyl sites for hydroxylation is 1. The minimum atomic E-state index is -0.354. The van der Waals surface area contributed by atoms with Crippen molar-refractivity contribution >= 4 is 29.3 Å². The Labute approximate surface area is 267 Å². The lowest BCUT2D eigenvalue weighted by Crippen LogP contribution is -2.25. The van der Waals surface area contributed by atoms with Gasteiger partial charge in [0.2, 0.25) is 11.7 Å². The summed E-state index contributed by atoms with van der Waals surface area (Å²) < 4.78 is 24.7. The molecule has 0 atom stereocenters. The van der Waals surface area contributed by atoms with Crippen molar-refractivity contribution in [3.05, 3.63) is 77.6 Å². The van der Waals surface area contributed by atoms with Gasteiger partial charge in [0.15, 0.2) is 22.5 Å². The summed E-state index contributed by atoms with van der Waals surface area (Å²) in [4.78, 5) is 26.1. The molecular weight excluding hydrogens is 594 g/mol. The molecule has 11 nitrogen and oxygen atoms in total. The van der Waals surface area contributed by atoms with Gasteiger partial charge in [0.1, 0.15) is 5.75 Å². The largest absolute Gasteiger partial charge is 0.494 e. The molecule has 1 aromatic heterocycles. The number of amides is 2. The molecule has 4 aromatic rings. The lowest BCUT2D eigenvalue weighted by atomic mass is 10.1. The summed E-state index contributed by atoms with van der Waals surface area (Å²) in [5, 5.41) is 15.1. The van der Waals surface area contributed by atoms with Gasteiger partial charge in [-0.15, -0.1) is 10.2 Å². The maximum Gasteiger partial charge on any atom is 0.251 e. The van der Waals surface area contributed by atoms with E-state index in [-0.39, 0.29) is 24.1 Å². The molecule has 3 aromatic carbocycles. The number of ether oxygens (including phenoxy) is 4. The highest BCUT2D eigenvalue weighted by Gasteiger charge is 2.21. The molecule has 45 heavy (non-hydrogen) atoms. The number of nitrogens with one attached hydrogen (secondary N) is 2. The Bertz CT molecular complexity index is 1560. The van der Waals surface area contributed by atoms with Crippen LogP contribution in [0.1, 0.15) is 49.4 Å². The first-order valence-corrected chi connectivity index (χ1v) is 15.9. The number of aromatic nitrogens is 3. The number of benzene rings is 3. The van der Waals surface area contributed by atoms with Crippen LogP contribution in [0, 0.1) is 6.92 Å². The zero-order chi connectivity index (χ0) is 32.2. The number of carbonyl (C=O) groups excluding carboxylic acids is 2. The van der Waals surface area contributed by atoms with Gasteiger partial charge in [-0.2, -0.15) is 0 Å². The van der Waals surface area contributed by atoms with Crippen LogP contribution in [0.2, 0.25) is 0 Å². The van der Waals surface area contributed by atoms with Crippen LogP contribution in [0.25, 0.3) is 5.69 Å². The van der Waals surface area contributed by atoms with E-state index >= 15 is 0 Å². The Morgan fingerprint density at radius 1 is 0.822 bits per heavy atom. The van der Waals surface area contributed by atoms with Gasteiger partial charge in [0, 0.05) is 16.9 Å². The Balaban J connectivity index is 1.56. The first-order chi connectivity index (χ1) is 21.9. The third kappa shape index (κ3) is 8.91. The summed E-state index contributed by atoms with van der Waals surface area (Å²) in [6, 6.07) is 18.4. The van der Waals surface area contributed by atoms with E-state index in [1.165, 1.54) is 11.8 Å². The molecule has 4 rings (SSSR count). The Morgan fingerprint density at radius 2 is 1.49 bits per heavy atom. The van der Waals surface area contributed by atoms with Crippen LogP contribution >= 0.6 is 11.8 Å². The van der Waals surface area contributed by atoms with E-state index in [1.807, 2.05) is 87.7 Å². The molecule has 2 N–H and O–H groups in total. The van der Waals surface area contributed by atoms with E-state index in [4.69, 9.17) is 18.9 Å². The van der Waals surface area contributed by atoms with Gasteiger partial charge in [0.05, 0.1) is 38.7 Å². The van der Waals surface area contributed by atoms with Crippen LogP contribution in [-0.4, -0.2) is 58.8 Å². The molecule has 1 heterocycles. The molecule has 238 valence electrons. The van der Waals surface area contributed by atoms with Crippen molar-refractivity contribution in [3.8, 4) is 28.7 Å². The highest BCUT2D eigenvalue weighted by molar-refractivity contribution is 7.99. The fourth-order valence-electron chi connectivity index (χ4n) is 4.46. The molecule has 0 spiro atoms. The van der Waals surface area contributed by atoms with Crippen molar-refractivity contribution in [1.82, 2.24) is 20.1 Å². The molecule has 0 aliphatic heterocycles. The number of rotatable bonds is 16. The fourth-order valence-corrected chi connectivity index (χ4v) is 5.23. The van der Waals surface area contributed by atoms with E-state index in [0.717, 1.165) is 22.7 Å². The van der Waals surface area contributed by atoms with Crippen LogP contribution in [0.5, 0.6) is 23.0 Å². The van der Waals surface area contributed by atoms with E-state index in [2.05, 4.69) is 20.8 Å². The minimum Gasteiger partial charge on any atom is -0.494 e. The molecular formula is C33H39N5O6S. The second kappa shape index (κ2) is 16.4. The maximum absolute atomic E-state index is 13.4. The number of hydrogen-bond acceptors (Lipinski definition) is 9. The van der Waals surface area contributed by atoms with Crippen molar-refractivity contribution < 1.29 is 28.5 Å². The number of anilines is 1. The monoisotopic (exact) mass is 633 g/mol. The van der Waals surface area contributed by atoms with Gasteiger partial charge in [-0.25, -0.2) is 0 Å². The molecule has 0 saturated carbocycles. The normalized spacial score (nSPS) is 10.7. The van der Waals surface area contributed by atoms with Gasteiger partial charge in [0.25, 0.3) is 5.91 Å². The molecule has 0 radical (unpaired) electrons. The topological polar surface area (TPSA) is 126 Å². The highest BCUT2D eigenvalue weighted by atomic mass is 32.2. The van der Waals surface area contributed by atoms with Crippen molar-refractivity contribution in [1.29, 1.82) is 0 Å². The third-order valence-electron chi connectivity index (χ3n) is 6.32. The molecule has 2 amide bonds. The number of hydrogen-bond donors (Lipinski definition) is 2. The Hall–Kier alpha value is -4.71. The fraction of sp³-hybridized carbons (Fsp3) is 0.333. The van der Waals surface area contributed by atoms with Crippen molar-refractivity contribution in [2.45, 2.75) is 46.3 Å². The number of nitrogens with zero attached hydrogens (tertiary/aromatic N) is 3. The zero-order valence-corrected chi connectivity index (χ0v) is 27.0. The third-order valence-corrected chi connectivity index (χ3v) is 7.25. The first-order valence-electron chi connectivity index (χ1n) is 14.9. The minimum absolute atomic E-state index is 0.0657. The summed E-state index contributed by atoms with van der Waals surface area (Å²) >= 11 is 1.25. The SMILES string of the molecule is CCOc1ccc(-n2c(CNC(=O)c3cc(OCC)c(OCC)c(OCC)c3)nnc2SCC(=O)Nc2cccc(C)c2)cc1. The van der Waals surface area contributed by atoms with E-state index < -0.39 is 0 Å². The van der Waals surface area contributed by atoms with Gasteiger partial charge in [-0.1, -0.05) is 23.9 Å². The van der Waals surface area contributed by atoms with Crippen LogP contribution in [0.15, 0.2) is 65.8 Å². The van der Waals surface area contributed by atoms with Crippen molar-refractivity contribution in [3.63, 3.8) is 0 Å². The summed E-state index contributed by atoms with van der Waals surface area (Å²) in [7, 11) is 0. The quantitative estimate of drug-likeness (QED) is 0.147. The zero-order valence-electron chi connectivity index (χ0n) is 26.2.